The summed E-state index contributed by atoms with van der Waals surface area (Å²) in [6, 6.07) is 9.73. The number of benzene rings is 1. The molecule has 0 spiro atoms. The molecule has 0 aliphatic rings. The minimum atomic E-state index is 0.503. The number of aryl methyl sites for hydroxylation is 2. The van der Waals surface area contributed by atoms with E-state index in [9.17, 15) is 0 Å². The summed E-state index contributed by atoms with van der Waals surface area (Å²) in [5.41, 5.74) is 8.64. The molecule has 0 aliphatic carbocycles. The first-order valence-electron chi connectivity index (χ1n) is 5.70. The van der Waals surface area contributed by atoms with E-state index in [1.165, 1.54) is 0 Å². The lowest BCUT2D eigenvalue weighted by atomic mass is 10.1. The summed E-state index contributed by atoms with van der Waals surface area (Å²) in [5, 5.41) is 0. The van der Waals surface area contributed by atoms with Crippen molar-refractivity contribution in [2.24, 2.45) is 5.73 Å². The van der Waals surface area contributed by atoms with Gasteiger partial charge in [0.25, 0.3) is 0 Å². The van der Waals surface area contributed by atoms with E-state index in [1.807, 2.05) is 44.2 Å². The molecule has 0 saturated carbocycles. The fourth-order valence-electron chi connectivity index (χ4n) is 1.57. The van der Waals surface area contributed by atoms with Crippen LogP contribution in [0, 0.1) is 13.8 Å². The van der Waals surface area contributed by atoms with E-state index in [4.69, 9.17) is 10.5 Å². The maximum absolute atomic E-state index is 5.80. The van der Waals surface area contributed by atoms with Gasteiger partial charge in [0.2, 0.25) is 5.88 Å². The number of nitrogens with zero attached hydrogens (tertiary/aromatic N) is 1. The summed E-state index contributed by atoms with van der Waals surface area (Å²) in [6.07, 6.45) is 0. The number of aromatic nitrogens is 1. The predicted molar refractivity (Wildman–Crippen MR) is 75.8 cm³/mol. The largest absolute Gasteiger partial charge is 0.439 e. The van der Waals surface area contributed by atoms with Gasteiger partial charge in [-0.3, -0.25) is 0 Å². The molecule has 0 bridgehead atoms. The van der Waals surface area contributed by atoms with Crippen LogP contribution >= 0.6 is 15.9 Å². The molecule has 2 rings (SSSR count). The Balaban J connectivity index is 2.30. The van der Waals surface area contributed by atoms with Crippen molar-refractivity contribution in [3.63, 3.8) is 0 Å². The molecule has 18 heavy (non-hydrogen) atoms. The van der Waals surface area contributed by atoms with Crippen molar-refractivity contribution in [3.05, 3.63) is 51.6 Å². The zero-order valence-corrected chi connectivity index (χ0v) is 12.0. The van der Waals surface area contributed by atoms with Crippen LogP contribution in [-0.4, -0.2) is 4.98 Å². The second-order valence-electron chi connectivity index (χ2n) is 4.12. The summed E-state index contributed by atoms with van der Waals surface area (Å²) >= 11 is 3.42. The average molecular weight is 307 g/mol. The minimum absolute atomic E-state index is 0.503. The molecule has 2 aromatic rings. The third-order valence-electron chi connectivity index (χ3n) is 2.70. The fourth-order valence-corrected chi connectivity index (χ4v) is 1.79. The van der Waals surface area contributed by atoms with Crippen LogP contribution in [0.2, 0.25) is 0 Å². The van der Waals surface area contributed by atoms with Gasteiger partial charge in [0.05, 0.1) is 5.69 Å². The molecule has 0 unspecified atom stereocenters. The van der Waals surface area contributed by atoms with Gasteiger partial charge in [-0.25, -0.2) is 4.98 Å². The Labute approximate surface area is 115 Å². The van der Waals surface area contributed by atoms with E-state index in [1.54, 1.807) is 0 Å². The van der Waals surface area contributed by atoms with Gasteiger partial charge in [-0.2, -0.15) is 0 Å². The van der Waals surface area contributed by atoms with Crippen molar-refractivity contribution in [3.8, 4) is 11.6 Å². The van der Waals surface area contributed by atoms with Gasteiger partial charge in [0, 0.05) is 17.1 Å². The molecule has 1 heterocycles. The van der Waals surface area contributed by atoms with Crippen LogP contribution in [-0.2, 0) is 6.54 Å². The summed E-state index contributed by atoms with van der Waals surface area (Å²) < 4.78 is 6.77. The third-order valence-corrected chi connectivity index (χ3v) is 3.54. The highest BCUT2D eigenvalue weighted by Gasteiger charge is 2.05. The van der Waals surface area contributed by atoms with Crippen molar-refractivity contribution in [2.75, 3.05) is 0 Å². The zero-order valence-electron chi connectivity index (χ0n) is 10.4. The first-order chi connectivity index (χ1) is 8.60. The van der Waals surface area contributed by atoms with Crippen LogP contribution in [0.15, 0.2) is 34.8 Å². The Hall–Kier alpha value is -1.39. The molecule has 2 N–H and O–H groups in total. The molecular weight excluding hydrogens is 292 g/mol. The van der Waals surface area contributed by atoms with E-state index < -0.39 is 0 Å². The molecule has 0 radical (unpaired) electrons. The topological polar surface area (TPSA) is 48.1 Å². The number of ether oxygens (including phenoxy) is 1. The number of pyridine rings is 1. The molecule has 94 valence electrons. The second-order valence-corrected chi connectivity index (χ2v) is 4.98. The summed E-state index contributed by atoms with van der Waals surface area (Å²) in [6.45, 7) is 4.44. The molecule has 0 aliphatic heterocycles. The fraction of sp³-hybridized carbons (Fsp3) is 0.214. The van der Waals surface area contributed by atoms with Crippen LogP contribution < -0.4 is 10.5 Å². The molecule has 1 aromatic heterocycles. The van der Waals surface area contributed by atoms with Crippen molar-refractivity contribution < 1.29 is 4.74 Å². The van der Waals surface area contributed by atoms with E-state index >= 15 is 0 Å². The highest BCUT2D eigenvalue weighted by Crippen LogP contribution is 2.26. The number of hydrogen-bond donors (Lipinski definition) is 1. The second kappa shape index (κ2) is 5.50. The smallest absolute Gasteiger partial charge is 0.219 e. The van der Waals surface area contributed by atoms with Gasteiger partial charge in [-0.1, -0.05) is 12.1 Å². The summed E-state index contributed by atoms with van der Waals surface area (Å²) in [7, 11) is 0. The predicted octanol–water partition coefficient (Wildman–Crippen LogP) is 3.71. The Morgan fingerprint density at radius 2 is 2.00 bits per heavy atom. The molecule has 1 aromatic carbocycles. The lowest BCUT2D eigenvalue weighted by Crippen LogP contribution is -1.98. The monoisotopic (exact) mass is 306 g/mol. The highest BCUT2D eigenvalue weighted by atomic mass is 79.9. The Morgan fingerprint density at radius 1 is 1.22 bits per heavy atom. The van der Waals surface area contributed by atoms with Crippen molar-refractivity contribution in [1.29, 1.82) is 0 Å². The molecule has 0 atom stereocenters. The van der Waals surface area contributed by atoms with Gasteiger partial charge >= 0.3 is 0 Å². The van der Waals surface area contributed by atoms with Crippen molar-refractivity contribution in [1.82, 2.24) is 4.98 Å². The van der Waals surface area contributed by atoms with Gasteiger partial charge in [-0.15, -0.1) is 0 Å². The van der Waals surface area contributed by atoms with Gasteiger partial charge in [-0.05, 0) is 53.0 Å². The first kappa shape index (κ1) is 13.1. The van der Waals surface area contributed by atoms with E-state index in [0.717, 1.165) is 27.0 Å². The Morgan fingerprint density at radius 3 is 2.67 bits per heavy atom. The zero-order chi connectivity index (χ0) is 13.1. The molecule has 0 saturated heterocycles. The maximum Gasteiger partial charge on any atom is 0.219 e. The van der Waals surface area contributed by atoms with Crippen molar-refractivity contribution >= 4 is 15.9 Å². The first-order valence-corrected chi connectivity index (χ1v) is 6.50. The molecule has 4 heteroatoms. The maximum atomic E-state index is 5.80. The standard InChI is InChI=1S/C14H15BrN2O/c1-9-3-4-11(8-16)7-13(9)18-14-6-5-12(15)10(2)17-14/h3-7H,8,16H2,1-2H3. The van der Waals surface area contributed by atoms with E-state index in [-0.39, 0.29) is 0 Å². The van der Waals surface area contributed by atoms with Crippen LogP contribution in [0.25, 0.3) is 0 Å². The number of halogens is 1. The van der Waals surface area contributed by atoms with Gasteiger partial charge in [0.15, 0.2) is 0 Å². The van der Waals surface area contributed by atoms with Crippen LogP contribution in [0.3, 0.4) is 0 Å². The Bertz CT molecular complexity index is 570. The third kappa shape index (κ3) is 2.89. The Kier molecular flexibility index (Phi) is 3.99. The molecule has 0 amide bonds. The SMILES string of the molecule is Cc1ccc(CN)cc1Oc1ccc(Br)c(C)n1. The van der Waals surface area contributed by atoms with Crippen LogP contribution in [0.4, 0.5) is 0 Å². The molecule has 0 fully saturated rings. The molecular formula is C14H15BrN2O. The number of hydrogen-bond acceptors (Lipinski definition) is 3. The van der Waals surface area contributed by atoms with Crippen LogP contribution in [0.5, 0.6) is 11.6 Å². The minimum Gasteiger partial charge on any atom is -0.439 e. The quantitative estimate of drug-likeness (QED) is 0.940. The van der Waals surface area contributed by atoms with E-state index in [0.29, 0.717) is 12.4 Å². The number of rotatable bonds is 3. The summed E-state index contributed by atoms with van der Waals surface area (Å²) in [5.74, 6) is 1.39. The van der Waals surface area contributed by atoms with E-state index in [2.05, 4.69) is 20.9 Å². The summed E-state index contributed by atoms with van der Waals surface area (Å²) in [4.78, 5) is 4.36. The highest BCUT2D eigenvalue weighted by molar-refractivity contribution is 9.10. The van der Waals surface area contributed by atoms with Crippen LogP contribution in [0.1, 0.15) is 16.8 Å². The lowest BCUT2D eigenvalue weighted by molar-refractivity contribution is 0.457. The van der Waals surface area contributed by atoms with Crippen molar-refractivity contribution in [2.45, 2.75) is 20.4 Å². The number of nitrogens with two attached hydrogens (primary N) is 1. The van der Waals surface area contributed by atoms with Gasteiger partial charge < -0.3 is 10.5 Å². The normalized spacial score (nSPS) is 10.4. The average Bonchev–Trinajstić information content (AvgIpc) is 2.36. The molecule has 3 nitrogen and oxygen atoms in total. The van der Waals surface area contributed by atoms with Gasteiger partial charge in [0.1, 0.15) is 5.75 Å². The lowest BCUT2D eigenvalue weighted by Gasteiger charge is -2.10.